The Morgan fingerprint density at radius 2 is 2.00 bits per heavy atom. The predicted octanol–water partition coefficient (Wildman–Crippen LogP) is -0.213. The Bertz CT molecular complexity index is 658. The van der Waals surface area contributed by atoms with E-state index in [0.29, 0.717) is 30.9 Å². The van der Waals surface area contributed by atoms with Gasteiger partial charge in [-0.2, -0.15) is 19.3 Å². The summed E-state index contributed by atoms with van der Waals surface area (Å²) in [5.41, 5.74) is 5.70. The minimum absolute atomic E-state index is 0.149. The fourth-order valence-corrected chi connectivity index (χ4v) is 2.58. The maximum absolute atomic E-state index is 5.73. The van der Waals surface area contributed by atoms with E-state index in [1.807, 2.05) is 14.1 Å². The first kappa shape index (κ1) is 15.6. The molecule has 1 saturated heterocycles. The van der Waals surface area contributed by atoms with E-state index in [2.05, 4.69) is 28.6 Å². The van der Waals surface area contributed by atoms with Crippen molar-refractivity contribution in [2.24, 2.45) is 0 Å². The van der Waals surface area contributed by atoms with Crippen molar-refractivity contribution in [3.05, 3.63) is 5.82 Å². The smallest absolute Gasteiger partial charge is 0.271 e. The third kappa shape index (κ3) is 3.74. The zero-order valence-corrected chi connectivity index (χ0v) is 13.8. The van der Waals surface area contributed by atoms with Crippen LogP contribution < -0.4 is 20.3 Å². The average molecular weight is 338 g/mol. The van der Waals surface area contributed by atoms with Gasteiger partial charge in [-0.25, -0.2) is 0 Å². The minimum atomic E-state index is 0.149. The molecule has 3 heterocycles. The van der Waals surface area contributed by atoms with Gasteiger partial charge in [0.1, 0.15) is 6.61 Å². The molecular weight excluding hydrogens is 320 g/mol. The average Bonchev–Trinajstić information content (AvgIpc) is 3.02. The van der Waals surface area contributed by atoms with Crippen LogP contribution >= 0.6 is 11.7 Å². The summed E-state index contributed by atoms with van der Waals surface area (Å²) in [6, 6.07) is 0. The molecule has 0 bridgehead atoms. The van der Waals surface area contributed by atoms with Crippen LogP contribution in [-0.2, 0) is 11.3 Å². The molecule has 1 fully saturated rings. The SMILES string of the molecule is CN(C)c1nc(N)nc(COc2nsnc2N2CCOCC2)n1. The number of ether oxygens (including phenoxy) is 2. The summed E-state index contributed by atoms with van der Waals surface area (Å²) < 4.78 is 19.6. The summed E-state index contributed by atoms with van der Waals surface area (Å²) in [6.45, 7) is 3.03. The number of hydrogen-bond acceptors (Lipinski definition) is 11. The summed E-state index contributed by atoms with van der Waals surface area (Å²) >= 11 is 1.11. The number of rotatable bonds is 5. The van der Waals surface area contributed by atoms with E-state index in [9.17, 15) is 0 Å². The molecule has 124 valence electrons. The number of morpholine rings is 1. The monoisotopic (exact) mass is 338 g/mol. The molecule has 0 amide bonds. The normalized spacial score (nSPS) is 14.8. The zero-order valence-electron chi connectivity index (χ0n) is 13.0. The Morgan fingerprint density at radius 3 is 2.74 bits per heavy atom. The van der Waals surface area contributed by atoms with Crippen LogP contribution in [0.5, 0.6) is 5.88 Å². The second kappa shape index (κ2) is 6.87. The second-order valence-electron chi connectivity index (χ2n) is 5.09. The summed E-state index contributed by atoms with van der Waals surface area (Å²) in [6.07, 6.45) is 0. The molecule has 23 heavy (non-hydrogen) atoms. The van der Waals surface area contributed by atoms with Crippen LogP contribution in [0.25, 0.3) is 0 Å². The van der Waals surface area contributed by atoms with E-state index < -0.39 is 0 Å². The number of hydrogen-bond donors (Lipinski definition) is 1. The molecule has 3 rings (SSSR count). The number of nitrogen functional groups attached to an aromatic ring is 1. The molecule has 0 radical (unpaired) electrons. The Hall–Kier alpha value is -2.27. The van der Waals surface area contributed by atoms with Crippen molar-refractivity contribution < 1.29 is 9.47 Å². The Morgan fingerprint density at radius 1 is 1.22 bits per heavy atom. The van der Waals surface area contributed by atoms with Crippen molar-refractivity contribution >= 4 is 29.4 Å². The lowest BCUT2D eigenvalue weighted by Crippen LogP contribution is -2.36. The van der Waals surface area contributed by atoms with Gasteiger partial charge in [-0.1, -0.05) is 0 Å². The summed E-state index contributed by atoms with van der Waals surface area (Å²) in [5.74, 6) is 2.30. The van der Waals surface area contributed by atoms with Crippen molar-refractivity contribution in [2.45, 2.75) is 6.61 Å². The zero-order chi connectivity index (χ0) is 16.2. The minimum Gasteiger partial charge on any atom is -0.466 e. The van der Waals surface area contributed by atoms with Crippen LogP contribution in [0.3, 0.4) is 0 Å². The van der Waals surface area contributed by atoms with Crippen LogP contribution in [0.15, 0.2) is 0 Å². The number of nitrogens with zero attached hydrogens (tertiary/aromatic N) is 7. The lowest BCUT2D eigenvalue weighted by molar-refractivity contribution is 0.122. The molecule has 0 spiro atoms. The van der Waals surface area contributed by atoms with E-state index in [0.717, 1.165) is 30.6 Å². The number of nitrogens with two attached hydrogens (primary N) is 1. The first-order valence-electron chi connectivity index (χ1n) is 7.09. The first-order chi connectivity index (χ1) is 11.1. The molecular formula is C12H18N8O2S. The van der Waals surface area contributed by atoms with Gasteiger partial charge in [0.2, 0.25) is 17.7 Å². The van der Waals surface area contributed by atoms with E-state index >= 15 is 0 Å². The highest BCUT2D eigenvalue weighted by Gasteiger charge is 2.20. The van der Waals surface area contributed by atoms with E-state index in [4.69, 9.17) is 15.2 Å². The topological polar surface area (TPSA) is 115 Å². The van der Waals surface area contributed by atoms with Crippen molar-refractivity contribution in [3.8, 4) is 5.88 Å². The first-order valence-corrected chi connectivity index (χ1v) is 7.82. The van der Waals surface area contributed by atoms with Crippen LogP contribution in [0.4, 0.5) is 17.7 Å². The molecule has 10 nitrogen and oxygen atoms in total. The van der Waals surface area contributed by atoms with Crippen LogP contribution in [0.2, 0.25) is 0 Å². The summed E-state index contributed by atoms with van der Waals surface area (Å²) in [4.78, 5) is 16.3. The quantitative estimate of drug-likeness (QED) is 0.784. The van der Waals surface area contributed by atoms with Crippen molar-refractivity contribution in [1.82, 2.24) is 23.7 Å². The van der Waals surface area contributed by atoms with Crippen LogP contribution in [0, 0.1) is 0 Å². The van der Waals surface area contributed by atoms with Gasteiger partial charge in [-0.15, -0.1) is 4.37 Å². The predicted molar refractivity (Wildman–Crippen MR) is 85.8 cm³/mol. The van der Waals surface area contributed by atoms with Gasteiger partial charge >= 0.3 is 0 Å². The Kier molecular flexibility index (Phi) is 4.67. The lowest BCUT2D eigenvalue weighted by atomic mass is 10.4. The van der Waals surface area contributed by atoms with Crippen LogP contribution in [-0.4, -0.2) is 64.1 Å². The fraction of sp³-hybridized carbons (Fsp3) is 0.583. The third-order valence-corrected chi connectivity index (χ3v) is 3.68. The molecule has 0 saturated carbocycles. The van der Waals surface area contributed by atoms with Gasteiger partial charge in [0.05, 0.1) is 24.9 Å². The summed E-state index contributed by atoms with van der Waals surface area (Å²) in [7, 11) is 3.67. The van der Waals surface area contributed by atoms with Crippen molar-refractivity contribution in [1.29, 1.82) is 0 Å². The van der Waals surface area contributed by atoms with Gasteiger partial charge in [-0.3, -0.25) is 0 Å². The van der Waals surface area contributed by atoms with Crippen molar-refractivity contribution in [2.75, 3.05) is 55.9 Å². The van der Waals surface area contributed by atoms with Gasteiger partial charge < -0.3 is 25.0 Å². The van der Waals surface area contributed by atoms with E-state index in [-0.39, 0.29) is 12.6 Å². The highest BCUT2D eigenvalue weighted by molar-refractivity contribution is 6.99. The highest BCUT2D eigenvalue weighted by Crippen LogP contribution is 2.26. The molecule has 2 N–H and O–H groups in total. The molecule has 2 aromatic heterocycles. The molecule has 1 aliphatic heterocycles. The number of aromatic nitrogens is 5. The van der Waals surface area contributed by atoms with Gasteiger partial charge in [0, 0.05) is 27.2 Å². The Labute approximate surface area is 137 Å². The summed E-state index contributed by atoms with van der Waals surface area (Å²) in [5, 5.41) is 0. The standard InChI is InChI=1S/C12H18N8O2S/c1-19(2)12-15-8(14-11(13)16-12)7-22-10-9(17-23-18-10)20-3-5-21-6-4-20/h3-7H2,1-2H3,(H2,13,14,15,16). The van der Waals surface area contributed by atoms with E-state index in [1.54, 1.807) is 4.90 Å². The van der Waals surface area contributed by atoms with Crippen LogP contribution in [0.1, 0.15) is 5.82 Å². The Balaban J connectivity index is 1.70. The van der Waals surface area contributed by atoms with Gasteiger partial charge in [0.25, 0.3) is 5.88 Å². The third-order valence-electron chi connectivity index (χ3n) is 3.18. The molecule has 0 aromatic carbocycles. The largest absolute Gasteiger partial charge is 0.466 e. The maximum Gasteiger partial charge on any atom is 0.271 e. The van der Waals surface area contributed by atoms with E-state index in [1.165, 1.54) is 0 Å². The molecule has 11 heteroatoms. The lowest BCUT2D eigenvalue weighted by Gasteiger charge is -2.26. The molecule has 1 aliphatic rings. The second-order valence-corrected chi connectivity index (χ2v) is 5.61. The van der Waals surface area contributed by atoms with Crippen molar-refractivity contribution in [3.63, 3.8) is 0 Å². The maximum atomic E-state index is 5.73. The van der Waals surface area contributed by atoms with Gasteiger partial charge in [0.15, 0.2) is 5.82 Å². The molecule has 0 aliphatic carbocycles. The molecule has 0 unspecified atom stereocenters. The number of anilines is 3. The fourth-order valence-electron chi connectivity index (χ4n) is 2.06. The molecule has 0 atom stereocenters. The molecule has 2 aromatic rings. The highest BCUT2D eigenvalue weighted by atomic mass is 32.1. The van der Waals surface area contributed by atoms with Gasteiger partial charge in [-0.05, 0) is 0 Å².